The summed E-state index contributed by atoms with van der Waals surface area (Å²) in [6, 6.07) is 1.53. The molecule has 0 aromatic carbocycles. The summed E-state index contributed by atoms with van der Waals surface area (Å²) in [5, 5.41) is 4.04. The highest BCUT2D eigenvalue weighted by molar-refractivity contribution is 14.1. The molecule has 0 aliphatic carbocycles. The van der Waals surface area contributed by atoms with Gasteiger partial charge in [0.1, 0.15) is 0 Å². The van der Waals surface area contributed by atoms with E-state index in [1.165, 1.54) is 10.7 Å². The van der Waals surface area contributed by atoms with Crippen molar-refractivity contribution in [1.82, 2.24) is 9.78 Å². The summed E-state index contributed by atoms with van der Waals surface area (Å²) >= 11 is 7.46. The van der Waals surface area contributed by atoms with Crippen molar-refractivity contribution in [3.63, 3.8) is 0 Å². The molecule has 0 aliphatic heterocycles. The van der Waals surface area contributed by atoms with Crippen LogP contribution in [0.25, 0.3) is 0 Å². The lowest BCUT2D eigenvalue weighted by Crippen LogP contribution is -2.21. The van der Waals surface area contributed by atoms with Gasteiger partial charge in [-0.3, -0.25) is 4.79 Å². The van der Waals surface area contributed by atoms with Crippen LogP contribution in [0.3, 0.4) is 0 Å². The Morgan fingerprint density at radius 3 is 2.90 bits per heavy atom. The molecule has 0 saturated carbocycles. The molecule has 0 fully saturated rings. The molecule has 0 bridgehead atoms. The first kappa shape index (κ1) is 8.00. The van der Waals surface area contributed by atoms with Crippen LogP contribution in [-0.2, 0) is 7.05 Å². The number of rotatable bonds is 0. The van der Waals surface area contributed by atoms with Crippen LogP contribution < -0.4 is 5.56 Å². The molecule has 1 aromatic heterocycles. The second kappa shape index (κ2) is 2.87. The van der Waals surface area contributed by atoms with Crippen molar-refractivity contribution < 1.29 is 0 Å². The first-order chi connectivity index (χ1) is 4.61. The number of halogens is 2. The predicted molar refractivity (Wildman–Crippen MR) is 47.2 cm³/mol. The van der Waals surface area contributed by atoms with Gasteiger partial charge in [-0.05, 0) is 28.7 Å². The highest BCUT2D eigenvalue weighted by atomic mass is 127. The maximum atomic E-state index is 11.0. The Morgan fingerprint density at radius 1 is 1.80 bits per heavy atom. The zero-order valence-corrected chi connectivity index (χ0v) is 8.05. The largest absolute Gasteiger partial charge is 0.280 e. The third-order valence-electron chi connectivity index (χ3n) is 0.990. The molecule has 54 valence electrons. The number of aryl methyl sites for hydroxylation is 1. The molecule has 0 radical (unpaired) electrons. The van der Waals surface area contributed by atoms with Gasteiger partial charge in [-0.25, -0.2) is 4.68 Å². The maximum Gasteiger partial charge on any atom is 0.280 e. The maximum absolute atomic E-state index is 11.0. The van der Waals surface area contributed by atoms with E-state index in [1.807, 2.05) is 22.6 Å². The first-order valence-corrected chi connectivity index (χ1v) is 3.96. The van der Waals surface area contributed by atoms with Crippen LogP contribution in [0.1, 0.15) is 0 Å². The molecule has 0 unspecified atom stereocenters. The summed E-state index contributed by atoms with van der Waals surface area (Å²) in [6.45, 7) is 0. The lowest BCUT2D eigenvalue weighted by molar-refractivity contribution is 0.702. The quantitative estimate of drug-likeness (QED) is 0.660. The Balaban J connectivity index is 3.46. The Bertz CT molecular complexity index is 283. The highest BCUT2D eigenvalue weighted by Gasteiger charge is 1.99. The van der Waals surface area contributed by atoms with Crippen LogP contribution in [0.5, 0.6) is 0 Å². The van der Waals surface area contributed by atoms with E-state index in [1.54, 1.807) is 7.05 Å². The summed E-state index contributed by atoms with van der Waals surface area (Å²) in [5.41, 5.74) is -0.120. The zero-order valence-electron chi connectivity index (χ0n) is 5.14. The molecule has 10 heavy (non-hydrogen) atoms. The van der Waals surface area contributed by atoms with E-state index in [0.717, 1.165) is 0 Å². The molecule has 0 amide bonds. The minimum absolute atomic E-state index is 0.120. The number of hydrogen-bond acceptors (Lipinski definition) is 2. The van der Waals surface area contributed by atoms with Gasteiger partial charge in [-0.2, -0.15) is 5.10 Å². The van der Waals surface area contributed by atoms with Crippen LogP contribution in [-0.4, -0.2) is 9.78 Å². The summed E-state index contributed by atoms with van der Waals surface area (Å²) in [7, 11) is 1.57. The number of aromatic nitrogens is 2. The van der Waals surface area contributed by atoms with Crippen LogP contribution in [0.4, 0.5) is 0 Å². The second-order valence-corrected chi connectivity index (χ2v) is 3.29. The van der Waals surface area contributed by atoms with Gasteiger partial charge in [0, 0.05) is 7.05 Å². The minimum Gasteiger partial charge on any atom is -0.267 e. The molecular formula is C5H4ClIN2O. The molecule has 1 heterocycles. The number of hydrogen-bond donors (Lipinski definition) is 0. The number of nitrogens with zero attached hydrogens (tertiary/aromatic N) is 2. The van der Waals surface area contributed by atoms with Gasteiger partial charge in [0.25, 0.3) is 5.56 Å². The Kier molecular flexibility index (Phi) is 2.30. The molecule has 0 spiro atoms. The SMILES string of the molecule is Cn1nc(Cl)cc(I)c1=O. The van der Waals surface area contributed by atoms with Gasteiger partial charge < -0.3 is 0 Å². The molecule has 1 rings (SSSR count). The normalized spacial score (nSPS) is 9.90. The third-order valence-corrected chi connectivity index (χ3v) is 1.95. The van der Waals surface area contributed by atoms with Crippen LogP contribution in [0.15, 0.2) is 10.9 Å². The Labute approximate surface area is 76.1 Å². The van der Waals surface area contributed by atoms with Gasteiger partial charge in [-0.1, -0.05) is 11.6 Å². The molecular weight excluding hydrogens is 266 g/mol. The topological polar surface area (TPSA) is 34.9 Å². The van der Waals surface area contributed by atoms with Crippen LogP contribution in [0, 0.1) is 3.57 Å². The molecule has 0 atom stereocenters. The van der Waals surface area contributed by atoms with Crippen molar-refractivity contribution in [3.05, 3.63) is 25.1 Å². The molecule has 0 aliphatic rings. The molecule has 5 heteroatoms. The molecule has 3 nitrogen and oxygen atoms in total. The van der Waals surface area contributed by atoms with Crippen molar-refractivity contribution in [2.75, 3.05) is 0 Å². The Hall–Kier alpha value is -0.100. The van der Waals surface area contributed by atoms with E-state index in [9.17, 15) is 4.79 Å². The average Bonchev–Trinajstić information content (AvgIpc) is 1.82. The lowest BCUT2D eigenvalue weighted by Gasteiger charge is -1.95. The van der Waals surface area contributed by atoms with Gasteiger partial charge in [0.15, 0.2) is 5.15 Å². The van der Waals surface area contributed by atoms with Gasteiger partial charge in [0.2, 0.25) is 0 Å². The fraction of sp³-hybridized carbons (Fsp3) is 0.200. The summed E-state index contributed by atoms with van der Waals surface area (Å²) in [6.07, 6.45) is 0. The van der Waals surface area contributed by atoms with Crippen molar-refractivity contribution >= 4 is 34.2 Å². The van der Waals surface area contributed by atoms with Crippen molar-refractivity contribution in [2.45, 2.75) is 0 Å². The standard InChI is InChI=1S/C5H4ClIN2O/c1-9-5(10)3(7)2-4(6)8-9/h2H,1H3. The van der Waals surface area contributed by atoms with Crippen LogP contribution in [0.2, 0.25) is 5.15 Å². The lowest BCUT2D eigenvalue weighted by atomic mass is 10.6. The van der Waals surface area contributed by atoms with Gasteiger partial charge in [-0.15, -0.1) is 0 Å². The van der Waals surface area contributed by atoms with E-state index in [0.29, 0.717) is 8.72 Å². The summed E-state index contributed by atoms with van der Waals surface area (Å²) in [4.78, 5) is 11.0. The zero-order chi connectivity index (χ0) is 7.72. The summed E-state index contributed by atoms with van der Waals surface area (Å²) in [5.74, 6) is 0. The van der Waals surface area contributed by atoms with E-state index in [-0.39, 0.29) is 5.56 Å². The summed E-state index contributed by atoms with van der Waals surface area (Å²) < 4.78 is 1.80. The first-order valence-electron chi connectivity index (χ1n) is 2.50. The molecule has 1 aromatic rings. The van der Waals surface area contributed by atoms with Gasteiger partial charge >= 0.3 is 0 Å². The van der Waals surface area contributed by atoms with Crippen LogP contribution >= 0.6 is 34.2 Å². The van der Waals surface area contributed by atoms with Crippen molar-refractivity contribution in [2.24, 2.45) is 7.05 Å². The third kappa shape index (κ3) is 1.49. The van der Waals surface area contributed by atoms with Crippen molar-refractivity contribution in [3.8, 4) is 0 Å². The van der Waals surface area contributed by atoms with Crippen molar-refractivity contribution in [1.29, 1.82) is 0 Å². The van der Waals surface area contributed by atoms with E-state index < -0.39 is 0 Å². The average molecular weight is 270 g/mol. The fourth-order valence-corrected chi connectivity index (χ4v) is 1.59. The highest BCUT2D eigenvalue weighted by Crippen LogP contribution is 2.04. The predicted octanol–water partition coefficient (Wildman–Crippen LogP) is 1.04. The monoisotopic (exact) mass is 270 g/mol. The second-order valence-electron chi connectivity index (χ2n) is 1.74. The Morgan fingerprint density at radius 2 is 2.40 bits per heavy atom. The minimum atomic E-state index is -0.120. The fourth-order valence-electron chi connectivity index (χ4n) is 0.538. The van der Waals surface area contributed by atoms with E-state index in [4.69, 9.17) is 11.6 Å². The smallest absolute Gasteiger partial charge is 0.267 e. The molecule has 0 N–H and O–H groups in total. The van der Waals surface area contributed by atoms with E-state index >= 15 is 0 Å². The van der Waals surface area contributed by atoms with Gasteiger partial charge in [0.05, 0.1) is 3.57 Å². The van der Waals surface area contributed by atoms with E-state index in [2.05, 4.69) is 5.10 Å². The molecule has 0 saturated heterocycles.